The highest BCUT2D eigenvalue weighted by Crippen LogP contribution is 2.37. The highest BCUT2D eigenvalue weighted by Gasteiger charge is 2.38. The molecule has 3 nitrogen and oxygen atoms in total. The molecule has 0 bridgehead atoms. The van der Waals surface area contributed by atoms with Crippen LogP contribution in [0.3, 0.4) is 0 Å². The second kappa shape index (κ2) is 5.56. The minimum Gasteiger partial charge on any atom is -0.463 e. The van der Waals surface area contributed by atoms with Gasteiger partial charge in [0.2, 0.25) is 0 Å². The molecule has 0 saturated heterocycles. The van der Waals surface area contributed by atoms with E-state index in [1.807, 2.05) is 0 Å². The van der Waals surface area contributed by atoms with Gasteiger partial charge < -0.3 is 4.74 Å². The molecular weight excluding hydrogens is 292 g/mol. The van der Waals surface area contributed by atoms with Crippen LogP contribution in [-0.4, -0.2) is 18.9 Å². The third-order valence-corrected chi connectivity index (χ3v) is 2.64. The van der Waals surface area contributed by atoms with E-state index in [0.717, 1.165) is 7.11 Å². The van der Waals surface area contributed by atoms with E-state index in [-0.39, 0.29) is 6.07 Å². The number of carbonyl (C=O) groups excluding carboxylic acids is 2. The van der Waals surface area contributed by atoms with Crippen molar-refractivity contribution in [3.63, 3.8) is 0 Å². The Labute approximate surface area is 110 Å². The molecule has 1 aromatic carbocycles. The SMILES string of the molecule is COC(=O)C(=O)C(Cl)c1ccc(F)cc1C(F)(F)F. The van der Waals surface area contributed by atoms with Crippen molar-refractivity contribution in [3.05, 3.63) is 35.1 Å². The minimum atomic E-state index is -4.90. The van der Waals surface area contributed by atoms with Crippen LogP contribution in [0.15, 0.2) is 18.2 Å². The van der Waals surface area contributed by atoms with Gasteiger partial charge in [0.25, 0.3) is 5.78 Å². The third kappa shape index (κ3) is 3.44. The number of hydrogen-bond donors (Lipinski definition) is 0. The summed E-state index contributed by atoms with van der Waals surface area (Å²) in [5, 5.41) is -1.90. The van der Waals surface area contributed by atoms with Gasteiger partial charge in [-0.1, -0.05) is 6.07 Å². The van der Waals surface area contributed by atoms with Crippen molar-refractivity contribution in [3.8, 4) is 0 Å². The van der Waals surface area contributed by atoms with Gasteiger partial charge in [0, 0.05) is 0 Å². The molecule has 0 N–H and O–H groups in total. The predicted octanol–water partition coefficient (Wildman–Crippen LogP) is 2.87. The standard InChI is InChI=1S/C11H7ClF4O3/c1-19-10(18)9(17)8(12)6-3-2-5(13)4-7(6)11(14,15)16/h2-4,8H,1H3. The Kier molecular flexibility index (Phi) is 4.52. The van der Waals surface area contributed by atoms with Gasteiger partial charge in [-0.15, -0.1) is 11.6 Å². The first-order valence-corrected chi connectivity index (χ1v) is 5.25. The number of carbonyl (C=O) groups is 2. The Hall–Kier alpha value is -1.63. The van der Waals surface area contributed by atoms with Crippen LogP contribution in [0.2, 0.25) is 0 Å². The van der Waals surface area contributed by atoms with Crippen LogP contribution >= 0.6 is 11.6 Å². The van der Waals surface area contributed by atoms with E-state index in [1.165, 1.54) is 0 Å². The van der Waals surface area contributed by atoms with E-state index < -0.39 is 40.3 Å². The van der Waals surface area contributed by atoms with Crippen LogP contribution < -0.4 is 0 Å². The second-order valence-corrected chi connectivity index (χ2v) is 3.88. The molecule has 1 rings (SSSR count). The zero-order valence-corrected chi connectivity index (χ0v) is 10.2. The average molecular weight is 299 g/mol. The number of alkyl halides is 4. The summed E-state index contributed by atoms with van der Waals surface area (Å²) in [6.07, 6.45) is -4.90. The first-order chi connectivity index (χ1) is 8.68. The number of ketones is 1. The van der Waals surface area contributed by atoms with Crippen LogP contribution in [0.4, 0.5) is 17.6 Å². The summed E-state index contributed by atoms with van der Waals surface area (Å²) in [7, 11) is 0.888. The molecule has 0 fully saturated rings. The van der Waals surface area contributed by atoms with E-state index in [2.05, 4.69) is 4.74 Å². The third-order valence-electron chi connectivity index (χ3n) is 2.21. The van der Waals surface area contributed by atoms with Crippen LogP contribution in [0.5, 0.6) is 0 Å². The van der Waals surface area contributed by atoms with Gasteiger partial charge in [0.15, 0.2) is 0 Å². The lowest BCUT2D eigenvalue weighted by molar-refractivity contribution is -0.151. The lowest BCUT2D eigenvalue weighted by atomic mass is 10.0. The van der Waals surface area contributed by atoms with E-state index in [0.29, 0.717) is 12.1 Å². The molecule has 0 saturated carbocycles. The Morgan fingerprint density at radius 2 is 1.89 bits per heavy atom. The fourth-order valence-corrected chi connectivity index (χ4v) is 1.62. The highest BCUT2D eigenvalue weighted by molar-refractivity contribution is 6.47. The summed E-state index contributed by atoms with van der Waals surface area (Å²) < 4.78 is 55.0. The first-order valence-electron chi connectivity index (χ1n) is 4.81. The fraction of sp³-hybridized carbons (Fsp3) is 0.273. The molecule has 0 aromatic heterocycles. The van der Waals surface area contributed by atoms with Crippen molar-refractivity contribution < 1.29 is 31.9 Å². The van der Waals surface area contributed by atoms with E-state index in [9.17, 15) is 27.2 Å². The van der Waals surface area contributed by atoms with Crippen LogP contribution in [0.25, 0.3) is 0 Å². The number of ether oxygens (including phenoxy) is 1. The number of esters is 1. The van der Waals surface area contributed by atoms with Gasteiger partial charge in [-0.2, -0.15) is 13.2 Å². The predicted molar refractivity (Wildman–Crippen MR) is 57.0 cm³/mol. The van der Waals surface area contributed by atoms with Gasteiger partial charge in [-0.3, -0.25) is 4.79 Å². The Morgan fingerprint density at radius 1 is 1.32 bits per heavy atom. The molecule has 1 aromatic rings. The topological polar surface area (TPSA) is 43.4 Å². The zero-order chi connectivity index (χ0) is 14.8. The van der Waals surface area contributed by atoms with Crippen LogP contribution in [-0.2, 0) is 20.5 Å². The smallest absolute Gasteiger partial charge is 0.416 e. The molecule has 0 aliphatic rings. The lowest BCUT2D eigenvalue weighted by Gasteiger charge is -2.15. The first kappa shape index (κ1) is 15.4. The maximum absolute atomic E-state index is 12.8. The normalized spacial score (nSPS) is 12.9. The number of hydrogen-bond acceptors (Lipinski definition) is 3. The monoisotopic (exact) mass is 298 g/mol. The molecule has 1 atom stereocenters. The fourth-order valence-electron chi connectivity index (χ4n) is 1.34. The molecule has 1 unspecified atom stereocenters. The van der Waals surface area contributed by atoms with Gasteiger partial charge in [-0.05, 0) is 17.7 Å². The maximum atomic E-state index is 12.8. The van der Waals surface area contributed by atoms with Gasteiger partial charge in [0.05, 0.1) is 12.7 Å². The minimum absolute atomic E-state index is 0.204. The summed E-state index contributed by atoms with van der Waals surface area (Å²) in [5.41, 5.74) is -2.12. The molecule has 0 amide bonds. The van der Waals surface area contributed by atoms with Crippen LogP contribution in [0, 0.1) is 5.82 Å². The molecule has 0 aliphatic heterocycles. The van der Waals surface area contributed by atoms with Crippen molar-refractivity contribution in [1.29, 1.82) is 0 Å². The van der Waals surface area contributed by atoms with Crippen molar-refractivity contribution in [2.45, 2.75) is 11.6 Å². The van der Waals surface area contributed by atoms with E-state index in [4.69, 9.17) is 11.6 Å². The molecule has 0 heterocycles. The van der Waals surface area contributed by atoms with Gasteiger partial charge >= 0.3 is 12.1 Å². The second-order valence-electron chi connectivity index (χ2n) is 3.45. The van der Waals surface area contributed by atoms with Crippen molar-refractivity contribution in [1.82, 2.24) is 0 Å². The number of halogens is 5. The number of methoxy groups -OCH3 is 1. The molecule has 0 radical (unpaired) electrons. The number of Topliss-reactive ketones (excluding diaryl/α,β-unsaturated/α-hetero) is 1. The molecule has 0 aliphatic carbocycles. The largest absolute Gasteiger partial charge is 0.463 e. The maximum Gasteiger partial charge on any atom is 0.416 e. The Bertz CT molecular complexity index is 513. The number of rotatable bonds is 3. The summed E-state index contributed by atoms with van der Waals surface area (Å²) in [6, 6.07) is 1.62. The van der Waals surface area contributed by atoms with Gasteiger partial charge in [0.1, 0.15) is 11.2 Å². The van der Waals surface area contributed by atoms with Crippen molar-refractivity contribution in [2.75, 3.05) is 7.11 Å². The molecular formula is C11H7ClF4O3. The van der Waals surface area contributed by atoms with E-state index >= 15 is 0 Å². The zero-order valence-electron chi connectivity index (χ0n) is 9.42. The highest BCUT2D eigenvalue weighted by atomic mass is 35.5. The Morgan fingerprint density at radius 3 is 2.37 bits per heavy atom. The summed E-state index contributed by atoms with van der Waals surface area (Å²) in [6.45, 7) is 0. The summed E-state index contributed by atoms with van der Waals surface area (Å²) >= 11 is 5.52. The summed E-state index contributed by atoms with van der Waals surface area (Å²) in [4.78, 5) is 22.3. The number of benzene rings is 1. The lowest BCUT2D eigenvalue weighted by Crippen LogP contribution is -2.22. The molecule has 0 spiro atoms. The molecule has 8 heteroatoms. The average Bonchev–Trinajstić information content (AvgIpc) is 2.35. The molecule has 19 heavy (non-hydrogen) atoms. The quantitative estimate of drug-likeness (QED) is 0.373. The Balaban J connectivity index is 3.27. The van der Waals surface area contributed by atoms with Gasteiger partial charge in [-0.25, -0.2) is 9.18 Å². The van der Waals surface area contributed by atoms with Crippen molar-refractivity contribution >= 4 is 23.4 Å². The molecule has 104 valence electrons. The summed E-state index contributed by atoms with van der Waals surface area (Å²) in [5.74, 6) is -3.87. The van der Waals surface area contributed by atoms with Crippen molar-refractivity contribution in [2.24, 2.45) is 0 Å². The van der Waals surface area contributed by atoms with E-state index in [1.54, 1.807) is 0 Å². The van der Waals surface area contributed by atoms with Crippen LogP contribution in [0.1, 0.15) is 16.5 Å².